The minimum Gasteiger partial charge on any atom is -0.493 e. The lowest BCUT2D eigenvalue weighted by Crippen LogP contribution is -2.11. The largest absolute Gasteiger partial charge is 0.493 e. The van der Waals surface area contributed by atoms with E-state index in [2.05, 4.69) is 0 Å². The first-order valence-corrected chi connectivity index (χ1v) is 7.18. The first-order valence-electron chi connectivity index (χ1n) is 5.61. The fourth-order valence-electron chi connectivity index (χ4n) is 2.18. The second-order valence-electron chi connectivity index (χ2n) is 4.20. The molecule has 3 rings (SSSR count). The Bertz CT molecular complexity index is 597. The van der Waals surface area contributed by atoms with Gasteiger partial charge in [-0.3, -0.25) is 0 Å². The van der Waals surface area contributed by atoms with Gasteiger partial charge in [0.1, 0.15) is 5.75 Å². The molecule has 1 aromatic heterocycles. The first-order chi connectivity index (χ1) is 8.65. The van der Waals surface area contributed by atoms with Gasteiger partial charge in [0.15, 0.2) is 0 Å². The van der Waals surface area contributed by atoms with Crippen molar-refractivity contribution in [1.29, 1.82) is 0 Å². The van der Waals surface area contributed by atoms with Gasteiger partial charge in [0.05, 0.1) is 17.0 Å². The third-order valence-corrected chi connectivity index (χ3v) is 4.55. The van der Waals surface area contributed by atoms with Crippen molar-refractivity contribution in [2.75, 3.05) is 6.61 Å². The molecule has 2 nitrogen and oxygen atoms in total. The fraction of sp³-hybridized carbons (Fsp3) is 0.231. The number of ether oxygens (including phenoxy) is 1. The summed E-state index contributed by atoms with van der Waals surface area (Å²) in [7, 11) is 0. The van der Waals surface area contributed by atoms with E-state index in [0.29, 0.717) is 11.6 Å². The highest BCUT2D eigenvalue weighted by molar-refractivity contribution is 7.16. The van der Waals surface area contributed by atoms with E-state index in [0.717, 1.165) is 32.5 Å². The Kier molecular flexibility index (Phi) is 3.24. The van der Waals surface area contributed by atoms with Crippen molar-refractivity contribution in [3.63, 3.8) is 0 Å². The smallest absolute Gasteiger partial charge is 0.127 e. The van der Waals surface area contributed by atoms with Crippen molar-refractivity contribution in [1.82, 2.24) is 0 Å². The van der Waals surface area contributed by atoms with Crippen molar-refractivity contribution in [3.05, 3.63) is 49.6 Å². The molecule has 2 aromatic rings. The summed E-state index contributed by atoms with van der Waals surface area (Å²) >= 11 is 13.6. The molecule has 5 heteroatoms. The molecule has 0 amide bonds. The van der Waals surface area contributed by atoms with Crippen molar-refractivity contribution < 1.29 is 4.74 Å². The summed E-state index contributed by atoms with van der Waals surface area (Å²) in [6, 6.07) is 7.38. The van der Waals surface area contributed by atoms with E-state index in [1.54, 1.807) is 0 Å². The van der Waals surface area contributed by atoms with Gasteiger partial charge in [-0.15, -0.1) is 11.3 Å². The standard InChI is InChI=1S/C13H11Cl2NOS/c14-8-5-7-3-4-17-13(7)9(6-8)12(16)10-1-2-11(15)18-10/h1-2,5-6,12H,3-4,16H2. The van der Waals surface area contributed by atoms with Gasteiger partial charge in [0.25, 0.3) is 0 Å². The van der Waals surface area contributed by atoms with Crippen LogP contribution in [0.25, 0.3) is 0 Å². The molecule has 0 spiro atoms. The number of hydrogen-bond acceptors (Lipinski definition) is 3. The fourth-order valence-corrected chi connectivity index (χ4v) is 3.51. The van der Waals surface area contributed by atoms with Crippen LogP contribution in [0.5, 0.6) is 5.75 Å². The average molecular weight is 300 g/mol. The lowest BCUT2D eigenvalue weighted by atomic mass is 10.0. The molecule has 1 atom stereocenters. The van der Waals surface area contributed by atoms with Crippen LogP contribution in [0, 0.1) is 0 Å². The average Bonchev–Trinajstić information content (AvgIpc) is 2.95. The third-order valence-electron chi connectivity index (χ3n) is 3.01. The molecular formula is C13H11Cl2NOS. The first kappa shape index (κ1) is 12.3. The summed E-state index contributed by atoms with van der Waals surface area (Å²) in [4.78, 5) is 1.01. The number of fused-ring (bicyclic) bond motifs is 1. The zero-order valence-electron chi connectivity index (χ0n) is 9.45. The van der Waals surface area contributed by atoms with Crippen LogP contribution in [0.1, 0.15) is 22.0 Å². The Balaban J connectivity index is 2.06. The lowest BCUT2D eigenvalue weighted by Gasteiger charge is -2.14. The number of nitrogens with two attached hydrogens (primary N) is 1. The van der Waals surface area contributed by atoms with Crippen LogP contribution in [-0.2, 0) is 6.42 Å². The number of benzene rings is 1. The number of halogens is 2. The van der Waals surface area contributed by atoms with Crippen molar-refractivity contribution in [2.24, 2.45) is 5.73 Å². The Labute approximate surface area is 119 Å². The molecule has 2 N–H and O–H groups in total. The molecule has 1 unspecified atom stereocenters. The van der Waals surface area contributed by atoms with E-state index in [4.69, 9.17) is 33.7 Å². The van der Waals surface area contributed by atoms with Crippen LogP contribution in [-0.4, -0.2) is 6.61 Å². The lowest BCUT2D eigenvalue weighted by molar-refractivity contribution is 0.352. The second kappa shape index (κ2) is 4.74. The summed E-state index contributed by atoms with van der Waals surface area (Å²) in [5.74, 6) is 0.886. The van der Waals surface area contributed by atoms with Gasteiger partial charge in [-0.1, -0.05) is 23.2 Å². The third kappa shape index (κ3) is 2.12. The molecule has 1 aromatic carbocycles. The highest BCUT2D eigenvalue weighted by atomic mass is 35.5. The SMILES string of the molecule is NC(c1ccc(Cl)s1)c1cc(Cl)cc2c1OCC2. The maximum atomic E-state index is 6.28. The Morgan fingerprint density at radius 2 is 2.11 bits per heavy atom. The Hall–Kier alpha value is -0.740. The second-order valence-corrected chi connectivity index (χ2v) is 6.38. The molecule has 0 aliphatic carbocycles. The summed E-state index contributed by atoms with van der Waals surface area (Å²) < 4.78 is 6.40. The van der Waals surface area contributed by atoms with Gasteiger partial charge in [-0.05, 0) is 29.8 Å². The highest BCUT2D eigenvalue weighted by Crippen LogP contribution is 2.39. The molecule has 0 saturated carbocycles. The van der Waals surface area contributed by atoms with Gasteiger partial charge in [-0.25, -0.2) is 0 Å². The Morgan fingerprint density at radius 3 is 2.83 bits per heavy atom. The van der Waals surface area contributed by atoms with Crippen LogP contribution in [0.4, 0.5) is 0 Å². The number of hydrogen-bond donors (Lipinski definition) is 1. The predicted octanol–water partition coefficient (Wildman–Crippen LogP) is 4.04. The van der Waals surface area contributed by atoms with Gasteiger partial charge in [-0.2, -0.15) is 0 Å². The van der Waals surface area contributed by atoms with Crippen molar-refractivity contribution in [2.45, 2.75) is 12.5 Å². The van der Waals surface area contributed by atoms with Crippen molar-refractivity contribution in [3.8, 4) is 5.75 Å². The predicted molar refractivity (Wildman–Crippen MR) is 76.0 cm³/mol. The minimum atomic E-state index is -0.243. The zero-order valence-corrected chi connectivity index (χ0v) is 11.8. The van der Waals surface area contributed by atoms with Crippen LogP contribution in [0.2, 0.25) is 9.36 Å². The summed E-state index contributed by atoms with van der Waals surface area (Å²) in [5, 5.41) is 0.701. The Morgan fingerprint density at radius 1 is 1.28 bits per heavy atom. The molecule has 0 fully saturated rings. The quantitative estimate of drug-likeness (QED) is 0.908. The van der Waals surface area contributed by atoms with E-state index in [1.807, 2.05) is 24.3 Å². The normalized spacial score (nSPS) is 15.3. The van der Waals surface area contributed by atoms with Gasteiger partial charge < -0.3 is 10.5 Å². The molecule has 0 bridgehead atoms. The van der Waals surface area contributed by atoms with Gasteiger partial charge in [0, 0.05) is 21.9 Å². The van der Waals surface area contributed by atoms with Crippen LogP contribution in [0.3, 0.4) is 0 Å². The van der Waals surface area contributed by atoms with Crippen LogP contribution < -0.4 is 10.5 Å². The number of rotatable bonds is 2. The molecule has 18 heavy (non-hydrogen) atoms. The molecule has 0 radical (unpaired) electrons. The van der Waals surface area contributed by atoms with E-state index in [9.17, 15) is 0 Å². The topological polar surface area (TPSA) is 35.2 Å². The maximum absolute atomic E-state index is 6.28. The number of thiophene rings is 1. The van der Waals surface area contributed by atoms with E-state index in [1.165, 1.54) is 11.3 Å². The maximum Gasteiger partial charge on any atom is 0.127 e. The minimum absolute atomic E-state index is 0.243. The molecule has 1 aliphatic heterocycles. The van der Waals surface area contributed by atoms with E-state index < -0.39 is 0 Å². The van der Waals surface area contributed by atoms with Gasteiger partial charge in [0.2, 0.25) is 0 Å². The van der Waals surface area contributed by atoms with Crippen LogP contribution >= 0.6 is 34.5 Å². The van der Waals surface area contributed by atoms with Gasteiger partial charge >= 0.3 is 0 Å². The monoisotopic (exact) mass is 299 g/mol. The van der Waals surface area contributed by atoms with E-state index in [-0.39, 0.29) is 6.04 Å². The molecule has 2 heterocycles. The summed E-state index contributed by atoms with van der Waals surface area (Å²) in [6.07, 6.45) is 0.890. The van der Waals surface area contributed by atoms with Crippen LogP contribution in [0.15, 0.2) is 24.3 Å². The highest BCUT2D eigenvalue weighted by Gasteiger charge is 2.23. The summed E-state index contributed by atoms with van der Waals surface area (Å²) in [6.45, 7) is 0.695. The summed E-state index contributed by atoms with van der Waals surface area (Å²) in [5.41, 5.74) is 8.36. The molecule has 0 saturated heterocycles. The molecule has 1 aliphatic rings. The van der Waals surface area contributed by atoms with E-state index >= 15 is 0 Å². The molecule has 94 valence electrons. The molecular weight excluding hydrogens is 289 g/mol. The zero-order chi connectivity index (χ0) is 12.7. The van der Waals surface area contributed by atoms with Crippen molar-refractivity contribution >= 4 is 34.5 Å².